The predicted octanol–water partition coefficient (Wildman–Crippen LogP) is 8.96. The molecule has 544 valence electrons. The molecule has 1 atom stereocenters. The van der Waals surface area contributed by atoms with Crippen LogP contribution in [0.5, 0.6) is 0 Å². The van der Waals surface area contributed by atoms with Gasteiger partial charge in [-0.05, 0) is 214 Å². The highest BCUT2D eigenvalue weighted by Crippen LogP contribution is 2.25. The Labute approximate surface area is 568 Å². The summed E-state index contributed by atoms with van der Waals surface area (Å²) in [7, 11) is 6.09. The molecule has 9 rings (SSSR count). The van der Waals surface area contributed by atoms with Crippen molar-refractivity contribution >= 4 is 18.1 Å². The molecule has 6 amide bonds. The van der Waals surface area contributed by atoms with Crippen LogP contribution in [-0.4, -0.2) is 330 Å². The summed E-state index contributed by atoms with van der Waals surface area (Å²) >= 11 is 0. The van der Waals surface area contributed by atoms with Crippen molar-refractivity contribution in [3.63, 3.8) is 0 Å². The molecule has 0 aromatic rings. The fraction of sp³-hybridized carbons (Fsp3) is 0.958. The molecule has 20 nitrogen and oxygen atoms in total. The lowest BCUT2D eigenvalue weighted by atomic mass is 10.0. The van der Waals surface area contributed by atoms with Crippen LogP contribution in [0.4, 0.5) is 14.4 Å². The van der Waals surface area contributed by atoms with Gasteiger partial charge in [-0.15, -0.1) is 0 Å². The van der Waals surface area contributed by atoms with Gasteiger partial charge in [0.05, 0.1) is 24.8 Å². The lowest BCUT2D eigenvalue weighted by Crippen LogP contribution is -2.59. The molecular weight excluding hydrogens is 1150 g/mol. The summed E-state index contributed by atoms with van der Waals surface area (Å²) in [5.41, 5.74) is 1.56. The molecule has 9 saturated heterocycles. The number of nitrogens with zero attached hydrogens (tertiary/aromatic N) is 12. The molecule has 0 spiro atoms. The highest BCUT2D eigenvalue weighted by Gasteiger charge is 2.41. The SMILES string of the molecule is CC(C)(C)N1CCN(C2COC2)CC1.CC(C)(C)N1CCNC1=O.CC(C)(C)N1CCNCC1.CC(C)N1CCN(C(C)(C)C)CC1.CC1(C)CN(C(C)(C)C)C(=O)N1.CN1CCN(C(C)(C)C)C1=O.CN1CCN(C(C)(C)C)CC1.CN[C@@H]1CCN(C(C)(C)C)C1. The van der Waals surface area contributed by atoms with Gasteiger partial charge >= 0.3 is 18.1 Å². The van der Waals surface area contributed by atoms with E-state index < -0.39 is 0 Å². The van der Waals surface area contributed by atoms with E-state index in [0.717, 1.165) is 65.1 Å². The van der Waals surface area contributed by atoms with E-state index in [-0.39, 0.29) is 40.2 Å². The number of nitrogens with one attached hydrogen (secondary N) is 4. The van der Waals surface area contributed by atoms with Crippen molar-refractivity contribution < 1.29 is 19.1 Å². The van der Waals surface area contributed by atoms with Gasteiger partial charge in [0.15, 0.2) is 0 Å². The van der Waals surface area contributed by atoms with Crippen molar-refractivity contribution in [2.45, 2.75) is 268 Å². The number of hydrogen-bond donors (Lipinski definition) is 4. The van der Waals surface area contributed by atoms with Gasteiger partial charge in [-0.3, -0.25) is 34.3 Å². The Bertz CT molecular complexity index is 2080. The van der Waals surface area contributed by atoms with E-state index >= 15 is 0 Å². The number of hydrogen-bond acceptors (Lipinski definition) is 14. The largest absolute Gasteiger partial charge is 0.378 e. The maximum absolute atomic E-state index is 11.5. The first-order valence-electron chi connectivity index (χ1n) is 35.8. The van der Waals surface area contributed by atoms with Crippen LogP contribution in [0.25, 0.3) is 0 Å². The minimum Gasteiger partial charge on any atom is -0.378 e. The van der Waals surface area contributed by atoms with E-state index in [0.29, 0.717) is 39.8 Å². The molecule has 0 radical (unpaired) electrons. The van der Waals surface area contributed by atoms with Crippen LogP contribution < -0.4 is 21.3 Å². The Kier molecular flexibility index (Phi) is 33.7. The van der Waals surface area contributed by atoms with Crippen molar-refractivity contribution in [1.29, 1.82) is 0 Å². The van der Waals surface area contributed by atoms with Gasteiger partial charge in [0.2, 0.25) is 0 Å². The second-order valence-corrected chi connectivity index (χ2v) is 36.1. The molecule has 0 bridgehead atoms. The standard InChI is InChI=1S/C11H22N2O.C11H24N2.C9H18N2O.2C9H20N2.C8H16N2O.C8H18N2.C7H14N2O/c1-11(2,3)13-6-4-12(5-7-13)10-8-14-9-10;1-10(2)12-6-8-13(9-7-12)11(3,4)5;1-8(2,3)11-6-9(4,5)10-7(11)12;1-9(2,3)11-7-5-10(4)6-8-11;1-9(2,3)11-6-5-8(7-11)10-4;1-8(2,3)10-6-5-9(4)7(10)11;1-8(2,3)10-6-4-9-5-7-10;1-7(2,3)9-5-4-8-6(9)10/h10H,4-9H2,1-3H3;10H,6-9H2,1-5H3;6H2,1-5H3,(H,10,12);5-8H2,1-4H3;8,10H,5-7H2,1-4H3;5-6H2,1-4H3;9H,4-7H2,1-3H3;4-5H2,1-3H3,(H,8,10)/t;;;;8-;;;/m....1.../s1. The third-order valence-corrected chi connectivity index (χ3v) is 19.2. The zero-order chi connectivity index (χ0) is 70.8. The highest BCUT2D eigenvalue weighted by atomic mass is 16.5. The Hall–Kier alpha value is -2.63. The van der Waals surface area contributed by atoms with E-state index in [2.05, 4.69) is 213 Å². The first kappa shape index (κ1) is 85.5. The number of carbonyl (C=O) groups is 3. The monoisotopic (exact) mass is 1310 g/mol. The molecule has 9 aliphatic rings. The molecule has 0 unspecified atom stereocenters. The van der Waals surface area contributed by atoms with Gasteiger partial charge in [-0.25, -0.2) is 14.4 Å². The van der Waals surface area contributed by atoms with Crippen LogP contribution in [-0.2, 0) is 4.74 Å². The molecule has 4 N–H and O–H groups in total. The third-order valence-electron chi connectivity index (χ3n) is 19.2. The Morgan fingerprint density at radius 2 is 0.870 bits per heavy atom. The third kappa shape index (κ3) is 30.8. The van der Waals surface area contributed by atoms with E-state index in [1.807, 2.05) is 77.1 Å². The van der Waals surface area contributed by atoms with Gasteiger partial charge in [0.25, 0.3) is 0 Å². The second-order valence-electron chi connectivity index (χ2n) is 36.1. The summed E-state index contributed by atoms with van der Waals surface area (Å²) in [4.78, 5) is 61.5. The quantitative estimate of drug-likeness (QED) is 0.213. The maximum Gasteiger partial charge on any atom is 0.320 e. The predicted molar refractivity (Wildman–Crippen MR) is 391 cm³/mol. The molecule has 0 aromatic heterocycles. The van der Waals surface area contributed by atoms with Gasteiger partial charge in [0.1, 0.15) is 0 Å². The average molecular weight is 1310 g/mol. The first-order chi connectivity index (χ1) is 41.8. The van der Waals surface area contributed by atoms with E-state index in [1.54, 1.807) is 4.90 Å². The fourth-order valence-corrected chi connectivity index (χ4v) is 12.3. The topological polar surface area (TPSA) is 147 Å². The molecule has 0 saturated carbocycles. The number of amides is 6. The van der Waals surface area contributed by atoms with Crippen molar-refractivity contribution in [2.24, 2.45) is 0 Å². The number of piperazine rings is 4. The summed E-state index contributed by atoms with van der Waals surface area (Å²) in [5, 5.41) is 12.4. The van der Waals surface area contributed by atoms with Crippen molar-refractivity contribution in [3.05, 3.63) is 0 Å². The highest BCUT2D eigenvalue weighted by molar-refractivity contribution is 5.78. The second kappa shape index (κ2) is 36.3. The van der Waals surface area contributed by atoms with Gasteiger partial charge < -0.3 is 50.5 Å². The molecule has 9 heterocycles. The van der Waals surface area contributed by atoms with Gasteiger partial charge in [-0.2, -0.15) is 0 Å². The molecule has 92 heavy (non-hydrogen) atoms. The maximum atomic E-state index is 11.5. The van der Waals surface area contributed by atoms with Crippen molar-refractivity contribution in [3.8, 4) is 0 Å². The molecule has 9 fully saturated rings. The summed E-state index contributed by atoms with van der Waals surface area (Å²) in [6, 6.07) is 2.41. The van der Waals surface area contributed by atoms with Crippen molar-refractivity contribution in [1.82, 2.24) is 80.1 Å². The van der Waals surface area contributed by atoms with Crippen LogP contribution in [0.15, 0.2) is 0 Å². The number of likely N-dealkylation sites (N-methyl/N-ethyl adjacent to an activating group) is 3. The minimum atomic E-state index is -0.0790. The van der Waals surface area contributed by atoms with Crippen LogP contribution in [0.2, 0.25) is 0 Å². The van der Waals surface area contributed by atoms with Crippen molar-refractivity contribution in [2.75, 3.05) is 185 Å². The Morgan fingerprint density at radius 1 is 0.457 bits per heavy atom. The molecule has 0 aromatic carbocycles. The Balaban J connectivity index is 0.000000359. The number of likely N-dealkylation sites (tertiary alicyclic amines) is 1. The lowest BCUT2D eigenvalue weighted by molar-refractivity contribution is -0.0830. The first-order valence-corrected chi connectivity index (χ1v) is 35.8. The minimum absolute atomic E-state index is 0.0259. The van der Waals surface area contributed by atoms with Gasteiger partial charge in [0, 0.05) is 214 Å². The number of carbonyl (C=O) groups excluding carboxylic acids is 3. The summed E-state index contributed by atoms with van der Waals surface area (Å²) < 4.78 is 5.23. The van der Waals surface area contributed by atoms with Crippen LogP contribution >= 0.6 is 0 Å². The number of ether oxygens (including phenoxy) is 1. The summed E-state index contributed by atoms with van der Waals surface area (Å²) in [6.07, 6.45) is 1.30. The molecular formula is C72H152N16O4. The molecule has 9 aliphatic heterocycles. The zero-order valence-electron chi connectivity index (χ0n) is 66.1. The molecule has 0 aliphatic carbocycles. The molecule has 20 heteroatoms. The number of rotatable bonds is 3. The Morgan fingerprint density at radius 3 is 1.12 bits per heavy atom. The lowest BCUT2D eigenvalue weighted by Gasteiger charge is -2.46. The van der Waals surface area contributed by atoms with Crippen LogP contribution in [0, 0.1) is 0 Å². The fourth-order valence-electron chi connectivity index (χ4n) is 12.3. The zero-order valence-corrected chi connectivity index (χ0v) is 66.1. The summed E-state index contributed by atoms with van der Waals surface area (Å²) in [5.74, 6) is 0. The average Bonchev–Trinajstić information content (AvgIpc) is 1.61. The number of urea groups is 3. The van der Waals surface area contributed by atoms with E-state index in [4.69, 9.17) is 4.74 Å². The van der Waals surface area contributed by atoms with E-state index in [1.165, 1.54) is 111 Å². The van der Waals surface area contributed by atoms with Crippen LogP contribution in [0.1, 0.15) is 200 Å². The summed E-state index contributed by atoms with van der Waals surface area (Å²) in [6.45, 7) is 89.3. The smallest absolute Gasteiger partial charge is 0.320 e. The van der Waals surface area contributed by atoms with Gasteiger partial charge in [-0.1, -0.05) is 0 Å². The normalized spacial score (nSPS) is 23.6. The van der Waals surface area contributed by atoms with E-state index in [9.17, 15) is 14.4 Å². The van der Waals surface area contributed by atoms with Crippen LogP contribution in [0.3, 0.4) is 0 Å².